The molecule has 1 aromatic carbocycles. The van der Waals surface area contributed by atoms with Gasteiger partial charge in [-0.05, 0) is 18.4 Å². The van der Waals surface area contributed by atoms with E-state index in [1.807, 2.05) is 30.3 Å². The van der Waals surface area contributed by atoms with Crippen LogP contribution >= 0.6 is 11.6 Å². The van der Waals surface area contributed by atoms with Crippen molar-refractivity contribution in [2.45, 2.75) is 26.3 Å². The molecule has 2 aromatic rings. The van der Waals surface area contributed by atoms with Crippen molar-refractivity contribution >= 4 is 23.4 Å². The second kappa shape index (κ2) is 7.78. The van der Waals surface area contributed by atoms with Crippen LogP contribution in [0.4, 0.5) is 5.82 Å². The number of benzene rings is 1. The van der Waals surface area contributed by atoms with E-state index in [4.69, 9.17) is 16.7 Å². The number of anilines is 1. The number of carbonyl (C=O) groups is 1. The first-order chi connectivity index (χ1) is 11.0. The number of halogens is 1. The molecule has 7 heteroatoms. The number of carboxylic acids is 1. The molecule has 0 aliphatic heterocycles. The Hall–Kier alpha value is -2.34. The molecule has 0 bridgehead atoms. The molecule has 0 saturated heterocycles. The van der Waals surface area contributed by atoms with Crippen molar-refractivity contribution in [3.05, 3.63) is 57.1 Å². The molecule has 0 aliphatic carbocycles. The minimum atomic E-state index is -1.10. The first-order valence-electron chi connectivity index (χ1n) is 7.31. The zero-order valence-electron chi connectivity index (χ0n) is 12.8. The number of rotatable bonds is 7. The number of hydrogen-bond donors (Lipinski definition) is 2. The Bertz CT molecular complexity index is 744. The van der Waals surface area contributed by atoms with E-state index >= 15 is 0 Å². The maximum Gasteiger partial charge on any atom is 0.323 e. The predicted molar refractivity (Wildman–Crippen MR) is 89.2 cm³/mol. The van der Waals surface area contributed by atoms with Crippen LogP contribution in [0.25, 0.3) is 0 Å². The first-order valence-corrected chi connectivity index (χ1v) is 7.69. The summed E-state index contributed by atoms with van der Waals surface area (Å²) in [6, 6.07) is 9.81. The van der Waals surface area contributed by atoms with E-state index in [0.29, 0.717) is 25.1 Å². The van der Waals surface area contributed by atoms with Gasteiger partial charge in [0.1, 0.15) is 6.54 Å². The number of aromatic nitrogens is 2. The largest absolute Gasteiger partial charge is 0.480 e. The van der Waals surface area contributed by atoms with Gasteiger partial charge < -0.3 is 10.4 Å². The van der Waals surface area contributed by atoms with E-state index in [1.165, 1.54) is 0 Å². The molecule has 6 nitrogen and oxygen atoms in total. The van der Waals surface area contributed by atoms with Gasteiger partial charge in [0.2, 0.25) is 0 Å². The van der Waals surface area contributed by atoms with Gasteiger partial charge in [0.25, 0.3) is 5.56 Å². The molecule has 122 valence electrons. The molecular formula is C16H18ClN3O3. The molecular weight excluding hydrogens is 318 g/mol. The molecule has 0 spiro atoms. The average Bonchev–Trinajstić information content (AvgIpc) is 2.52. The first kappa shape index (κ1) is 17.0. The summed E-state index contributed by atoms with van der Waals surface area (Å²) in [7, 11) is 0. The Morgan fingerprint density at radius 3 is 2.65 bits per heavy atom. The fourth-order valence-electron chi connectivity index (χ4n) is 2.30. The summed E-state index contributed by atoms with van der Waals surface area (Å²) in [4.78, 5) is 27.4. The summed E-state index contributed by atoms with van der Waals surface area (Å²) >= 11 is 6.08. The molecule has 0 fully saturated rings. The second-order valence-electron chi connectivity index (χ2n) is 5.00. The Morgan fingerprint density at radius 2 is 2.04 bits per heavy atom. The van der Waals surface area contributed by atoms with Gasteiger partial charge >= 0.3 is 5.97 Å². The molecule has 23 heavy (non-hydrogen) atoms. The van der Waals surface area contributed by atoms with Crippen molar-refractivity contribution in [1.29, 1.82) is 0 Å². The molecule has 0 unspecified atom stereocenters. The zero-order chi connectivity index (χ0) is 16.8. The third-order valence-corrected chi connectivity index (χ3v) is 3.70. The highest BCUT2D eigenvalue weighted by Gasteiger charge is 2.16. The summed E-state index contributed by atoms with van der Waals surface area (Å²) in [5.74, 6) is -1.02. The molecule has 0 atom stereocenters. The van der Waals surface area contributed by atoms with Crippen LogP contribution in [0.15, 0.2) is 35.1 Å². The molecule has 0 radical (unpaired) electrons. The van der Waals surface area contributed by atoms with E-state index in [9.17, 15) is 9.59 Å². The maximum absolute atomic E-state index is 12.4. The van der Waals surface area contributed by atoms with E-state index in [0.717, 1.165) is 10.1 Å². The van der Waals surface area contributed by atoms with Gasteiger partial charge in [0, 0.05) is 6.54 Å². The third-order valence-electron chi connectivity index (χ3n) is 3.40. The van der Waals surface area contributed by atoms with Gasteiger partial charge in [-0.1, -0.05) is 48.9 Å². The Labute approximate surface area is 138 Å². The SMILES string of the molecule is CCc1c(Cl)nc(NCCc2ccccc2)c(=O)n1CC(=O)O. The van der Waals surface area contributed by atoms with Crippen molar-refractivity contribution in [1.82, 2.24) is 9.55 Å². The lowest BCUT2D eigenvalue weighted by molar-refractivity contribution is -0.137. The van der Waals surface area contributed by atoms with Crippen LogP contribution in [0.1, 0.15) is 18.2 Å². The van der Waals surface area contributed by atoms with Crippen LogP contribution in [0.2, 0.25) is 5.15 Å². The summed E-state index contributed by atoms with van der Waals surface area (Å²) in [5, 5.41) is 12.1. The van der Waals surface area contributed by atoms with Crippen molar-refractivity contribution in [2.24, 2.45) is 0 Å². The highest BCUT2D eigenvalue weighted by molar-refractivity contribution is 6.30. The molecule has 0 aliphatic rings. The van der Waals surface area contributed by atoms with Crippen LogP contribution < -0.4 is 10.9 Å². The summed E-state index contributed by atoms with van der Waals surface area (Å²) < 4.78 is 1.16. The fraction of sp³-hybridized carbons (Fsp3) is 0.312. The van der Waals surface area contributed by atoms with Crippen molar-refractivity contribution < 1.29 is 9.90 Å². The molecule has 2 rings (SSSR count). The molecule has 0 amide bonds. The van der Waals surface area contributed by atoms with Crippen LogP contribution in [0.3, 0.4) is 0 Å². The highest BCUT2D eigenvalue weighted by Crippen LogP contribution is 2.14. The van der Waals surface area contributed by atoms with Crippen molar-refractivity contribution in [3.8, 4) is 0 Å². The molecule has 0 saturated carbocycles. The van der Waals surface area contributed by atoms with Crippen LogP contribution in [0.5, 0.6) is 0 Å². The number of hydrogen-bond acceptors (Lipinski definition) is 4. The highest BCUT2D eigenvalue weighted by atomic mass is 35.5. The summed E-state index contributed by atoms with van der Waals surface area (Å²) in [6.07, 6.45) is 1.15. The predicted octanol–water partition coefficient (Wildman–Crippen LogP) is 2.20. The molecule has 2 N–H and O–H groups in total. The smallest absolute Gasteiger partial charge is 0.323 e. The van der Waals surface area contributed by atoms with Crippen LogP contribution in [0, 0.1) is 0 Å². The number of aliphatic carboxylic acids is 1. The molecule has 1 aromatic heterocycles. The van der Waals surface area contributed by atoms with Crippen LogP contribution in [-0.2, 0) is 24.2 Å². The summed E-state index contributed by atoms with van der Waals surface area (Å²) in [6.45, 7) is 1.86. The van der Waals surface area contributed by atoms with Gasteiger partial charge in [0.15, 0.2) is 11.0 Å². The number of nitrogens with one attached hydrogen (secondary N) is 1. The average molecular weight is 336 g/mol. The van der Waals surface area contributed by atoms with Gasteiger partial charge in [-0.15, -0.1) is 0 Å². The van der Waals surface area contributed by atoms with E-state index in [1.54, 1.807) is 6.92 Å². The van der Waals surface area contributed by atoms with Gasteiger partial charge in [-0.25, -0.2) is 4.98 Å². The van der Waals surface area contributed by atoms with Gasteiger partial charge in [0.05, 0.1) is 5.69 Å². The zero-order valence-corrected chi connectivity index (χ0v) is 13.5. The van der Waals surface area contributed by atoms with Gasteiger partial charge in [-0.2, -0.15) is 0 Å². The van der Waals surface area contributed by atoms with Crippen molar-refractivity contribution in [3.63, 3.8) is 0 Å². The third kappa shape index (κ3) is 4.32. The Morgan fingerprint density at radius 1 is 1.35 bits per heavy atom. The van der Waals surface area contributed by atoms with Gasteiger partial charge in [-0.3, -0.25) is 14.2 Å². The number of nitrogens with zero attached hydrogens (tertiary/aromatic N) is 2. The lowest BCUT2D eigenvalue weighted by Crippen LogP contribution is -2.31. The normalized spacial score (nSPS) is 10.5. The van der Waals surface area contributed by atoms with Crippen molar-refractivity contribution in [2.75, 3.05) is 11.9 Å². The number of carboxylic acid groups (broad SMARTS) is 1. The molecule has 1 heterocycles. The minimum Gasteiger partial charge on any atom is -0.480 e. The lowest BCUT2D eigenvalue weighted by Gasteiger charge is -2.13. The van der Waals surface area contributed by atoms with E-state index < -0.39 is 18.1 Å². The second-order valence-corrected chi connectivity index (χ2v) is 5.36. The minimum absolute atomic E-state index is 0.0735. The summed E-state index contributed by atoms with van der Waals surface area (Å²) in [5.41, 5.74) is 1.08. The Balaban J connectivity index is 2.20. The quantitative estimate of drug-likeness (QED) is 0.810. The van der Waals surface area contributed by atoms with Crippen LogP contribution in [-0.4, -0.2) is 27.2 Å². The lowest BCUT2D eigenvalue weighted by atomic mass is 10.1. The van der Waals surface area contributed by atoms with E-state index in [2.05, 4.69) is 10.3 Å². The van der Waals surface area contributed by atoms with E-state index in [-0.39, 0.29) is 11.0 Å². The standard InChI is InChI=1S/C16H18ClN3O3/c1-2-12-14(17)19-15(16(23)20(12)10-13(21)22)18-9-8-11-6-4-3-5-7-11/h3-7H,2,8-10H2,1H3,(H,18,19)(H,21,22). The monoisotopic (exact) mass is 335 g/mol. The fourth-order valence-corrected chi connectivity index (χ4v) is 2.62. The Kier molecular flexibility index (Phi) is 5.76. The topological polar surface area (TPSA) is 84.2 Å². The maximum atomic E-state index is 12.4.